The lowest BCUT2D eigenvalue weighted by Gasteiger charge is -2.35. The van der Waals surface area contributed by atoms with Gasteiger partial charge in [-0.15, -0.1) is 0 Å². The standard InChI is InChI=1S/C12H16N4O4/c1-8-4-10(20-14-8)5-13-11(17)15-2-3-16-9(6-15)7-19-12(16)18/h4,9H,2-3,5-7H2,1H3,(H,13,17). The topological polar surface area (TPSA) is 87.9 Å². The van der Waals surface area contributed by atoms with E-state index in [1.807, 2.05) is 6.92 Å². The van der Waals surface area contributed by atoms with E-state index in [1.54, 1.807) is 15.9 Å². The second kappa shape index (κ2) is 5.03. The number of nitrogens with zero attached hydrogens (tertiary/aromatic N) is 3. The number of carbonyl (C=O) groups excluding carboxylic acids is 2. The summed E-state index contributed by atoms with van der Waals surface area (Å²) in [6, 6.07) is 1.58. The van der Waals surface area contributed by atoms with E-state index in [0.29, 0.717) is 38.5 Å². The number of hydrogen-bond donors (Lipinski definition) is 1. The minimum atomic E-state index is -0.285. The number of aryl methyl sites for hydroxylation is 1. The number of rotatable bonds is 2. The van der Waals surface area contributed by atoms with E-state index in [2.05, 4.69) is 10.5 Å². The summed E-state index contributed by atoms with van der Waals surface area (Å²) in [7, 11) is 0. The molecular weight excluding hydrogens is 264 g/mol. The summed E-state index contributed by atoms with van der Waals surface area (Å²) in [6.07, 6.45) is -0.285. The molecule has 3 amide bonds. The Morgan fingerprint density at radius 3 is 3.15 bits per heavy atom. The zero-order chi connectivity index (χ0) is 14.1. The van der Waals surface area contributed by atoms with Crippen LogP contribution < -0.4 is 5.32 Å². The predicted molar refractivity (Wildman–Crippen MR) is 66.9 cm³/mol. The lowest BCUT2D eigenvalue weighted by Crippen LogP contribution is -2.55. The highest BCUT2D eigenvalue weighted by atomic mass is 16.6. The molecule has 1 aromatic rings. The van der Waals surface area contributed by atoms with Gasteiger partial charge in [0, 0.05) is 25.7 Å². The van der Waals surface area contributed by atoms with Gasteiger partial charge in [0.15, 0.2) is 5.76 Å². The first-order valence-corrected chi connectivity index (χ1v) is 6.52. The predicted octanol–water partition coefficient (Wildman–Crippen LogP) is 0.329. The zero-order valence-electron chi connectivity index (χ0n) is 11.2. The third-order valence-electron chi connectivity index (χ3n) is 3.49. The zero-order valence-corrected chi connectivity index (χ0v) is 11.2. The quantitative estimate of drug-likeness (QED) is 0.843. The summed E-state index contributed by atoms with van der Waals surface area (Å²) in [5.41, 5.74) is 0.782. The molecule has 1 atom stereocenters. The van der Waals surface area contributed by atoms with Crippen molar-refractivity contribution in [2.45, 2.75) is 19.5 Å². The van der Waals surface area contributed by atoms with Crippen LogP contribution >= 0.6 is 0 Å². The average Bonchev–Trinajstić information content (AvgIpc) is 3.02. The maximum Gasteiger partial charge on any atom is 0.410 e. The van der Waals surface area contributed by atoms with Crippen LogP contribution in [0.5, 0.6) is 0 Å². The molecule has 0 spiro atoms. The number of carbonyl (C=O) groups is 2. The molecule has 3 heterocycles. The number of aromatic nitrogens is 1. The van der Waals surface area contributed by atoms with Crippen molar-refractivity contribution in [3.8, 4) is 0 Å². The van der Waals surface area contributed by atoms with Crippen LogP contribution in [0.15, 0.2) is 10.6 Å². The molecule has 3 rings (SSSR count). The van der Waals surface area contributed by atoms with Crippen LogP contribution in [0.1, 0.15) is 11.5 Å². The van der Waals surface area contributed by atoms with Gasteiger partial charge >= 0.3 is 12.1 Å². The van der Waals surface area contributed by atoms with E-state index < -0.39 is 0 Å². The van der Waals surface area contributed by atoms with Crippen molar-refractivity contribution in [1.82, 2.24) is 20.3 Å². The minimum Gasteiger partial charge on any atom is -0.447 e. The van der Waals surface area contributed by atoms with Crippen LogP contribution in [0.2, 0.25) is 0 Å². The molecule has 0 aliphatic carbocycles. The van der Waals surface area contributed by atoms with Gasteiger partial charge in [-0.25, -0.2) is 9.59 Å². The van der Waals surface area contributed by atoms with Gasteiger partial charge in [-0.1, -0.05) is 5.16 Å². The highest BCUT2D eigenvalue weighted by Gasteiger charge is 2.38. The number of piperazine rings is 1. The fourth-order valence-electron chi connectivity index (χ4n) is 2.45. The highest BCUT2D eigenvalue weighted by Crippen LogP contribution is 2.17. The lowest BCUT2D eigenvalue weighted by atomic mass is 10.2. The van der Waals surface area contributed by atoms with Gasteiger partial charge in [0.25, 0.3) is 0 Å². The summed E-state index contributed by atoms with van der Waals surface area (Å²) < 4.78 is 9.99. The van der Waals surface area contributed by atoms with Gasteiger partial charge in [0.05, 0.1) is 18.3 Å². The number of ether oxygens (including phenoxy) is 1. The molecule has 2 aliphatic rings. The normalized spacial score (nSPS) is 21.6. The van der Waals surface area contributed by atoms with Crippen molar-refractivity contribution in [3.63, 3.8) is 0 Å². The molecule has 0 radical (unpaired) electrons. The van der Waals surface area contributed by atoms with Gasteiger partial charge in [0.2, 0.25) is 0 Å². The molecule has 20 heavy (non-hydrogen) atoms. The van der Waals surface area contributed by atoms with Crippen LogP contribution in [0.25, 0.3) is 0 Å². The molecule has 2 saturated heterocycles. The molecule has 108 valence electrons. The molecule has 0 saturated carbocycles. The number of amides is 3. The number of fused-ring (bicyclic) bond motifs is 1. The fourth-order valence-corrected chi connectivity index (χ4v) is 2.45. The van der Waals surface area contributed by atoms with Gasteiger partial charge in [-0.05, 0) is 6.92 Å². The van der Waals surface area contributed by atoms with E-state index >= 15 is 0 Å². The maximum atomic E-state index is 12.1. The molecule has 8 heteroatoms. The van der Waals surface area contributed by atoms with Gasteiger partial charge in [0.1, 0.15) is 6.61 Å². The molecule has 0 aromatic carbocycles. The summed E-state index contributed by atoms with van der Waals surface area (Å²) in [4.78, 5) is 26.8. The number of hydrogen-bond acceptors (Lipinski definition) is 5. The molecule has 1 N–H and O–H groups in total. The van der Waals surface area contributed by atoms with Gasteiger partial charge < -0.3 is 19.5 Å². The number of urea groups is 1. The van der Waals surface area contributed by atoms with Crippen molar-refractivity contribution in [2.24, 2.45) is 0 Å². The molecule has 1 unspecified atom stereocenters. The smallest absolute Gasteiger partial charge is 0.410 e. The summed E-state index contributed by atoms with van der Waals surface area (Å²) >= 11 is 0. The Balaban J connectivity index is 1.52. The first-order chi connectivity index (χ1) is 9.63. The van der Waals surface area contributed by atoms with Crippen LogP contribution in [0.3, 0.4) is 0 Å². The maximum absolute atomic E-state index is 12.1. The third-order valence-corrected chi connectivity index (χ3v) is 3.49. The van der Waals surface area contributed by atoms with Crippen molar-refractivity contribution < 1.29 is 18.8 Å². The second-order valence-electron chi connectivity index (χ2n) is 4.96. The van der Waals surface area contributed by atoms with Crippen LogP contribution in [-0.2, 0) is 11.3 Å². The van der Waals surface area contributed by atoms with E-state index in [0.717, 1.165) is 5.69 Å². The van der Waals surface area contributed by atoms with Crippen molar-refractivity contribution in [2.75, 3.05) is 26.2 Å². The Bertz CT molecular complexity index is 529. The average molecular weight is 280 g/mol. The van der Waals surface area contributed by atoms with Crippen molar-refractivity contribution in [1.29, 1.82) is 0 Å². The molecule has 0 bridgehead atoms. The molecule has 1 aromatic heterocycles. The highest BCUT2D eigenvalue weighted by molar-refractivity contribution is 5.75. The van der Waals surface area contributed by atoms with E-state index in [1.165, 1.54) is 0 Å². The Labute approximate surface area is 115 Å². The number of cyclic esters (lactones) is 1. The number of nitrogens with one attached hydrogen (secondary N) is 1. The monoisotopic (exact) mass is 280 g/mol. The molecular formula is C12H16N4O4. The largest absolute Gasteiger partial charge is 0.447 e. The Hall–Kier alpha value is -2.25. The lowest BCUT2D eigenvalue weighted by molar-refractivity contribution is 0.126. The van der Waals surface area contributed by atoms with Gasteiger partial charge in [-0.2, -0.15) is 0 Å². The summed E-state index contributed by atoms with van der Waals surface area (Å²) in [5.74, 6) is 0.619. The summed E-state index contributed by atoms with van der Waals surface area (Å²) in [6.45, 7) is 3.99. The molecule has 2 fully saturated rings. The SMILES string of the molecule is Cc1cc(CNC(=O)N2CCN3C(=O)OCC3C2)on1. The molecule has 8 nitrogen and oxygen atoms in total. The van der Waals surface area contributed by atoms with E-state index in [4.69, 9.17) is 9.26 Å². The minimum absolute atomic E-state index is 0.0328. The van der Waals surface area contributed by atoms with Crippen LogP contribution in [0, 0.1) is 6.92 Å². The van der Waals surface area contributed by atoms with Crippen LogP contribution in [0.4, 0.5) is 9.59 Å². The Morgan fingerprint density at radius 1 is 1.55 bits per heavy atom. The Morgan fingerprint density at radius 2 is 2.40 bits per heavy atom. The fraction of sp³-hybridized carbons (Fsp3) is 0.583. The Kier molecular flexibility index (Phi) is 3.21. The van der Waals surface area contributed by atoms with Crippen molar-refractivity contribution in [3.05, 3.63) is 17.5 Å². The first kappa shape index (κ1) is 12.8. The van der Waals surface area contributed by atoms with E-state index in [-0.39, 0.29) is 18.2 Å². The molecule has 2 aliphatic heterocycles. The second-order valence-corrected chi connectivity index (χ2v) is 4.96. The van der Waals surface area contributed by atoms with Crippen molar-refractivity contribution >= 4 is 12.1 Å². The first-order valence-electron chi connectivity index (χ1n) is 6.52. The van der Waals surface area contributed by atoms with E-state index in [9.17, 15) is 9.59 Å². The van der Waals surface area contributed by atoms with Crippen LogP contribution in [-0.4, -0.2) is 59.4 Å². The summed E-state index contributed by atoms with van der Waals surface area (Å²) in [5, 5.41) is 6.54. The van der Waals surface area contributed by atoms with Gasteiger partial charge in [-0.3, -0.25) is 4.90 Å². The third kappa shape index (κ3) is 2.40.